The van der Waals surface area contributed by atoms with Crippen LogP contribution in [0.15, 0.2) is 60.9 Å². The zero-order chi connectivity index (χ0) is 20.4. The highest BCUT2D eigenvalue weighted by Gasteiger charge is 2.34. The van der Waals surface area contributed by atoms with E-state index >= 15 is 0 Å². The fourth-order valence-corrected chi connectivity index (χ4v) is 3.18. The molecule has 1 aliphatic heterocycles. The Balaban J connectivity index is 1.65. The third kappa shape index (κ3) is 4.26. The zero-order valence-electron chi connectivity index (χ0n) is 15.2. The highest BCUT2D eigenvalue weighted by Crippen LogP contribution is 2.33. The van der Waals surface area contributed by atoms with Crippen LogP contribution in [0.3, 0.4) is 0 Å². The molecular weight excluding hydrogens is 384 g/mol. The van der Waals surface area contributed by atoms with E-state index in [2.05, 4.69) is 15.0 Å². The van der Waals surface area contributed by atoms with Gasteiger partial charge >= 0.3 is 6.18 Å². The van der Waals surface area contributed by atoms with Gasteiger partial charge in [-0.3, -0.25) is 4.98 Å². The molecule has 2 aromatic heterocycles. The Morgan fingerprint density at radius 2 is 1.62 bits per heavy atom. The summed E-state index contributed by atoms with van der Waals surface area (Å²) in [6.45, 7) is 0.893. The van der Waals surface area contributed by atoms with Gasteiger partial charge in [0, 0.05) is 37.1 Å². The minimum absolute atomic E-state index is 0.00513. The Hall–Kier alpha value is -3.29. The summed E-state index contributed by atoms with van der Waals surface area (Å²) in [5, 5.41) is 0. The molecule has 0 radical (unpaired) electrons. The summed E-state index contributed by atoms with van der Waals surface area (Å²) in [6, 6.07) is 10.3. The Bertz CT molecular complexity index is 1030. The molecule has 0 N–H and O–H groups in total. The highest BCUT2D eigenvalue weighted by atomic mass is 19.4. The van der Waals surface area contributed by atoms with E-state index in [0.717, 1.165) is 17.2 Å². The van der Waals surface area contributed by atoms with E-state index in [4.69, 9.17) is 0 Å². The predicted molar refractivity (Wildman–Crippen MR) is 101 cm³/mol. The van der Waals surface area contributed by atoms with Gasteiger partial charge in [0.15, 0.2) is 11.5 Å². The molecule has 4 rings (SSSR count). The molecule has 0 amide bonds. The number of nitrogens with zero attached hydrogens (tertiary/aromatic N) is 4. The van der Waals surface area contributed by atoms with Crippen LogP contribution in [0.5, 0.6) is 0 Å². The summed E-state index contributed by atoms with van der Waals surface area (Å²) in [4.78, 5) is 13.7. The van der Waals surface area contributed by atoms with Gasteiger partial charge < -0.3 is 4.90 Å². The predicted octanol–water partition coefficient (Wildman–Crippen LogP) is 4.99. The first-order chi connectivity index (χ1) is 13.9. The molecule has 0 fully saturated rings. The van der Waals surface area contributed by atoms with Gasteiger partial charge in [0.1, 0.15) is 11.6 Å². The van der Waals surface area contributed by atoms with E-state index in [1.807, 2.05) is 6.08 Å². The van der Waals surface area contributed by atoms with Gasteiger partial charge in [0.05, 0.1) is 0 Å². The van der Waals surface area contributed by atoms with Crippen molar-refractivity contribution in [1.82, 2.24) is 15.0 Å². The maximum absolute atomic E-state index is 13.4. The molecule has 0 saturated carbocycles. The van der Waals surface area contributed by atoms with Crippen molar-refractivity contribution >= 4 is 11.4 Å². The lowest BCUT2D eigenvalue weighted by atomic mass is 9.99. The van der Waals surface area contributed by atoms with E-state index in [0.29, 0.717) is 25.1 Å². The molecule has 0 bridgehead atoms. The van der Waals surface area contributed by atoms with E-state index in [1.54, 1.807) is 29.2 Å². The lowest BCUT2D eigenvalue weighted by molar-refractivity contribution is -0.141. The summed E-state index contributed by atoms with van der Waals surface area (Å²) < 4.78 is 53.3. The molecular formula is C21H16F4N4. The number of rotatable bonds is 3. The first-order valence-electron chi connectivity index (χ1n) is 8.97. The fourth-order valence-electron chi connectivity index (χ4n) is 3.18. The topological polar surface area (TPSA) is 41.9 Å². The van der Waals surface area contributed by atoms with Crippen molar-refractivity contribution in [2.24, 2.45) is 0 Å². The average molecular weight is 400 g/mol. The number of aromatic nitrogens is 3. The lowest BCUT2D eigenvalue weighted by Gasteiger charge is -2.28. The van der Waals surface area contributed by atoms with E-state index in [1.165, 1.54) is 24.5 Å². The molecule has 0 spiro atoms. The van der Waals surface area contributed by atoms with Crippen molar-refractivity contribution in [2.75, 3.05) is 18.0 Å². The first-order valence-corrected chi connectivity index (χ1v) is 8.97. The van der Waals surface area contributed by atoms with Gasteiger partial charge in [-0.15, -0.1) is 0 Å². The first kappa shape index (κ1) is 19.0. The van der Waals surface area contributed by atoms with Crippen molar-refractivity contribution in [1.29, 1.82) is 0 Å². The molecule has 3 heterocycles. The maximum atomic E-state index is 13.4. The molecule has 8 heteroatoms. The normalized spacial score (nSPS) is 14.6. The standard InChI is InChI=1S/C21H16F4N4/c22-17-3-1-14(2-4-17)15-7-11-29(12-8-15)19-13-18(21(23,24)25)27-20(28-19)16-5-9-26-10-6-16/h1-7,9-10,13H,8,11-12H2. The molecule has 0 unspecified atom stereocenters. The molecule has 148 valence electrons. The number of hydrogen-bond acceptors (Lipinski definition) is 4. The van der Waals surface area contributed by atoms with Gasteiger partial charge in [0.25, 0.3) is 0 Å². The third-order valence-electron chi connectivity index (χ3n) is 4.69. The maximum Gasteiger partial charge on any atom is 0.433 e. The smallest absolute Gasteiger partial charge is 0.352 e. The molecule has 0 saturated heterocycles. The SMILES string of the molecule is Fc1ccc(C2=CCN(c3cc(C(F)(F)F)nc(-c4ccncc4)n3)CC2)cc1. The average Bonchev–Trinajstić information content (AvgIpc) is 2.74. The van der Waals surface area contributed by atoms with Crippen molar-refractivity contribution in [3.63, 3.8) is 0 Å². The molecule has 29 heavy (non-hydrogen) atoms. The van der Waals surface area contributed by atoms with Crippen molar-refractivity contribution in [3.8, 4) is 11.4 Å². The van der Waals surface area contributed by atoms with Crippen molar-refractivity contribution in [3.05, 3.63) is 78.0 Å². The van der Waals surface area contributed by atoms with Gasteiger partial charge in [-0.2, -0.15) is 13.2 Å². The largest absolute Gasteiger partial charge is 0.433 e. The lowest BCUT2D eigenvalue weighted by Crippen LogP contribution is -2.29. The molecule has 0 atom stereocenters. The van der Waals surface area contributed by atoms with E-state index < -0.39 is 11.9 Å². The minimum atomic E-state index is -4.58. The van der Waals surface area contributed by atoms with Crippen LogP contribution in [0.4, 0.5) is 23.4 Å². The second-order valence-electron chi connectivity index (χ2n) is 6.60. The number of halogens is 4. The fraction of sp³-hybridized carbons (Fsp3) is 0.190. The van der Waals surface area contributed by atoms with Crippen LogP contribution in [-0.2, 0) is 6.18 Å². The second kappa shape index (κ2) is 7.62. The van der Waals surface area contributed by atoms with Crippen LogP contribution in [0.25, 0.3) is 17.0 Å². The van der Waals surface area contributed by atoms with E-state index in [9.17, 15) is 17.6 Å². The summed E-state index contributed by atoms with van der Waals surface area (Å²) in [7, 11) is 0. The van der Waals surface area contributed by atoms with Crippen LogP contribution >= 0.6 is 0 Å². The van der Waals surface area contributed by atoms with Crippen LogP contribution in [0, 0.1) is 5.82 Å². The molecule has 4 nitrogen and oxygen atoms in total. The quantitative estimate of drug-likeness (QED) is 0.581. The molecule has 1 aromatic carbocycles. The van der Waals surface area contributed by atoms with Crippen molar-refractivity contribution in [2.45, 2.75) is 12.6 Å². The van der Waals surface area contributed by atoms with Crippen LogP contribution in [0.1, 0.15) is 17.7 Å². The van der Waals surface area contributed by atoms with Crippen LogP contribution in [0.2, 0.25) is 0 Å². The summed E-state index contributed by atoms with van der Waals surface area (Å²) in [6.07, 6.45) is 0.929. The monoisotopic (exact) mass is 400 g/mol. The highest BCUT2D eigenvalue weighted by molar-refractivity contribution is 5.68. The van der Waals surface area contributed by atoms with Gasteiger partial charge in [0.2, 0.25) is 0 Å². The number of alkyl halides is 3. The molecule has 3 aromatic rings. The minimum Gasteiger partial charge on any atom is -0.352 e. The Morgan fingerprint density at radius 1 is 0.897 bits per heavy atom. The summed E-state index contributed by atoms with van der Waals surface area (Å²) >= 11 is 0. The number of pyridine rings is 1. The number of anilines is 1. The Kier molecular flexibility index (Phi) is 5.00. The van der Waals surface area contributed by atoms with Gasteiger partial charge in [-0.05, 0) is 41.8 Å². The Labute approximate surface area is 164 Å². The van der Waals surface area contributed by atoms with Gasteiger partial charge in [-0.25, -0.2) is 14.4 Å². The van der Waals surface area contributed by atoms with Crippen LogP contribution < -0.4 is 4.90 Å². The van der Waals surface area contributed by atoms with E-state index in [-0.39, 0.29) is 17.5 Å². The zero-order valence-corrected chi connectivity index (χ0v) is 15.2. The summed E-state index contributed by atoms with van der Waals surface area (Å²) in [5.41, 5.74) is 1.41. The third-order valence-corrected chi connectivity index (χ3v) is 4.69. The van der Waals surface area contributed by atoms with Gasteiger partial charge in [-0.1, -0.05) is 18.2 Å². The summed E-state index contributed by atoms with van der Waals surface area (Å²) in [5.74, 6) is -0.0878. The van der Waals surface area contributed by atoms with Crippen molar-refractivity contribution < 1.29 is 17.6 Å². The number of hydrogen-bond donors (Lipinski definition) is 0. The molecule has 0 aliphatic carbocycles. The number of benzene rings is 1. The van der Waals surface area contributed by atoms with Crippen LogP contribution in [-0.4, -0.2) is 28.0 Å². The second-order valence-corrected chi connectivity index (χ2v) is 6.60. The Morgan fingerprint density at radius 3 is 2.24 bits per heavy atom. The molecule has 1 aliphatic rings.